The minimum atomic E-state index is -0.478. The molecule has 0 aliphatic carbocycles. The number of amides is 1. The molecule has 8 heteroatoms. The Bertz CT molecular complexity index is 1330. The van der Waals surface area contributed by atoms with Crippen molar-refractivity contribution in [3.63, 3.8) is 0 Å². The van der Waals surface area contributed by atoms with Crippen molar-refractivity contribution in [1.29, 1.82) is 0 Å². The second-order valence-corrected chi connectivity index (χ2v) is 7.90. The molecule has 2 aromatic carbocycles. The van der Waals surface area contributed by atoms with E-state index in [1.807, 2.05) is 12.1 Å². The molecule has 5 rings (SSSR count). The highest BCUT2D eigenvalue weighted by atomic mass is 32.1. The molecular weight excluding hydrogens is 393 g/mol. The van der Waals surface area contributed by atoms with Gasteiger partial charge in [-0.3, -0.25) is 9.59 Å². The number of carbonyl (C=O) groups excluding carboxylic acids is 1. The van der Waals surface area contributed by atoms with Crippen LogP contribution in [0.5, 0.6) is 0 Å². The molecule has 0 bridgehead atoms. The van der Waals surface area contributed by atoms with E-state index in [4.69, 9.17) is 4.74 Å². The summed E-state index contributed by atoms with van der Waals surface area (Å²) in [5, 5.41) is 0.901. The molecule has 4 aromatic rings. The first-order valence-corrected chi connectivity index (χ1v) is 9.93. The molecule has 1 atom stereocenters. The van der Waals surface area contributed by atoms with Gasteiger partial charge in [0.25, 0.3) is 11.5 Å². The van der Waals surface area contributed by atoms with E-state index in [0.717, 1.165) is 15.8 Å². The summed E-state index contributed by atoms with van der Waals surface area (Å²) in [6.45, 7) is 0.528. The van der Waals surface area contributed by atoms with Crippen LogP contribution in [0.25, 0.3) is 21.0 Å². The van der Waals surface area contributed by atoms with E-state index < -0.39 is 11.9 Å². The summed E-state index contributed by atoms with van der Waals surface area (Å²) in [7, 11) is 1.71. The van der Waals surface area contributed by atoms with Gasteiger partial charge in [0.15, 0.2) is 0 Å². The lowest BCUT2D eigenvalue weighted by Gasteiger charge is -2.33. The van der Waals surface area contributed by atoms with Crippen LogP contribution < -0.4 is 5.56 Å². The first-order valence-electron chi connectivity index (χ1n) is 9.05. The van der Waals surface area contributed by atoms with Crippen molar-refractivity contribution < 1.29 is 13.9 Å². The average Bonchev–Trinajstić information content (AvgIpc) is 3.20. The molecule has 3 heterocycles. The number of thiazole rings is 1. The number of ether oxygens (including phenoxy) is 1. The molecule has 2 aromatic heterocycles. The van der Waals surface area contributed by atoms with E-state index >= 15 is 0 Å². The van der Waals surface area contributed by atoms with E-state index in [1.165, 1.54) is 23.5 Å². The van der Waals surface area contributed by atoms with Gasteiger partial charge in [-0.2, -0.15) is 0 Å². The third kappa shape index (κ3) is 2.92. The molecule has 0 fully saturated rings. The predicted octanol–water partition coefficient (Wildman–Crippen LogP) is 3.62. The summed E-state index contributed by atoms with van der Waals surface area (Å²) in [6, 6.07) is 9.15. The van der Waals surface area contributed by atoms with E-state index in [9.17, 15) is 14.0 Å². The first kappa shape index (κ1) is 18.0. The van der Waals surface area contributed by atoms with E-state index in [1.54, 1.807) is 29.6 Å². The summed E-state index contributed by atoms with van der Waals surface area (Å²) < 4.78 is 20.3. The van der Waals surface area contributed by atoms with Gasteiger partial charge in [-0.05, 0) is 35.7 Å². The van der Waals surface area contributed by atoms with Gasteiger partial charge < -0.3 is 14.6 Å². The molecular formula is C21H16FN3O3S. The number of benzene rings is 2. The van der Waals surface area contributed by atoms with Crippen LogP contribution in [-0.4, -0.2) is 34.4 Å². The zero-order valence-corrected chi connectivity index (χ0v) is 16.3. The molecule has 146 valence electrons. The molecule has 1 aliphatic heterocycles. The van der Waals surface area contributed by atoms with Gasteiger partial charge in [0.05, 0.1) is 40.4 Å². The van der Waals surface area contributed by atoms with Crippen molar-refractivity contribution >= 4 is 38.2 Å². The number of aromatic nitrogens is 2. The fourth-order valence-electron chi connectivity index (χ4n) is 3.86. The van der Waals surface area contributed by atoms with Crippen LogP contribution in [-0.2, 0) is 11.3 Å². The van der Waals surface area contributed by atoms with Crippen molar-refractivity contribution in [2.24, 2.45) is 0 Å². The largest absolute Gasteiger partial charge is 0.373 e. The average molecular weight is 409 g/mol. The second kappa shape index (κ2) is 6.75. The Morgan fingerprint density at radius 2 is 2.14 bits per heavy atom. The number of carbonyl (C=O) groups is 1. The van der Waals surface area contributed by atoms with Crippen LogP contribution in [0.4, 0.5) is 4.39 Å². The third-order valence-electron chi connectivity index (χ3n) is 5.33. The SMILES string of the molecule is CN(C(=O)c1ccc2ncsc2c1)C1COCc2[nH]c(=O)c3cc(F)ccc3c21. The standard InChI is InChI=1S/C21H16FN3O3S/c1-25(21(27)11-2-5-15-18(6-11)29-10-23-15)17-9-28-8-16-19(17)13-4-3-12(22)7-14(13)20(26)24-16/h2-7,10,17H,8-9H2,1H3,(H,24,26). The van der Waals surface area contributed by atoms with Gasteiger partial charge in [-0.15, -0.1) is 11.3 Å². The second-order valence-electron chi connectivity index (χ2n) is 7.02. The smallest absolute Gasteiger partial charge is 0.256 e. The lowest BCUT2D eigenvalue weighted by atomic mass is 9.95. The molecule has 0 saturated carbocycles. The molecule has 29 heavy (non-hydrogen) atoms. The number of halogens is 1. The van der Waals surface area contributed by atoms with Gasteiger partial charge in [0.2, 0.25) is 0 Å². The maximum atomic E-state index is 13.7. The van der Waals surface area contributed by atoms with Crippen molar-refractivity contribution in [2.45, 2.75) is 12.6 Å². The van der Waals surface area contributed by atoms with Crippen molar-refractivity contribution in [3.8, 4) is 0 Å². The fourth-order valence-corrected chi connectivity index (χ4v) is 4.58. The summed E-state index contributed by atoms with van der Waals surface area (Å²) >= 11 is 1.48. The molecule has 0 saturated heterocycles. The maximum absolute atomic E-state index is 13.7. The molecule has 1 aliphatic rings. The number of nitrogens with one attached hydrogen (secondary N) is 1. The topological polar surface area (TPSA) is 75.3 Å². The number of fused-ring (bicyclic) bond motifs is 4. The van der Waals surface area contributed by atoms with E-state index in [0.29, 0.717) is 16.6 Å². The minimum absolute atomic E-state index is 0.164. The van der Waals surface area contributed by atoms with Crippen molar-refractivity contribution in [3.05, 3.63) is 74.9 Å². The Kier molecular flexibility index (Phi) is 4.18. The summed E-state index contributed by atoms with van der Waals surface area (Å²) in [5.41, 5.74) is 4.19. The predicted molar refractivity (Wildman–Crippen MR) is 109 cm³/mol. The van der Waals surface area contributed by atoms with Gasteiger partial charge in [0.1, 0.15) is 5.82 Å². The number of hydrogen-bond donors (Lipinski definition) is 1. The highest BCUT2D eigenvalue weighted by Gasteiger charge is 2.31. The Balaban J connectivity index is 1.60. The number of hydrogen-bond acceptors (Lipinski definition) is 5. The summed E-state index contributed by atoms with van der Waals surface area (Å²) in [5.74, 6) is -0.642. The Morgan fingerprint density at radius 1 is 1.28 bits per heavy atom. The summed E-state index contributed by atoms with van der Waals surface area (Å²) in [4.78, 5) is 34.2. The number of aromatic amines is 1. The van der Waals surface area contributed by atoms with Crippen LogP contribution in [0.2, 0.25) is 0 Å². The van der Waals surface area contributed by atoms with Crippen LogP contribution in [0.3, 0.4) is 0 Å². The minimum Gasteiger partial charge on any atom is -0.373 e. The number of likely N-dealkylation sites (N-methyl/N-ethyl adjacent to an activating group) is 1. The zero-order chi connectivity index (χ0) is 20.1. The van der Waals surface area contributed by atoms with Gasteiger partial charge in [0, 0.05) is 23.9 Å². The molecule has 0 spiro atoms. The lowest BCUT2D eigenvalue weighted by Crippen LogP contribution is -2.37. The van der Waals surface area contributed by atoms with Gasteiger partial charge >= 0.3 is 0 Å². The van der Waals surface area contributed by atoms with Crippen molar-refractivity contribution in [2.75, 3.05) is 13.7 Å². The van der Waals surface area contributed by atoms with Crippen LogP contribution >= 0.6 is 11.3 Å². The quantitative estimate of drug-likeness (QED) is 0.549. The van der Waals surface area contributed by atoms with E-state index in [-0.39, 0.29) is 30.1 Å². The van der Waals surface area contributed by atoms with Crippen LogP contribution in [0.1, 0.15) is 27.7 Å². The van der Waals surface area contributed by atoms with Crippen LogP contribution in [0.15, 0.2) is 46.7 Å². The molecule has 0 radical (unpaired) electrons. The van der Waals surface area contributed by atoms with Gasteiger partial charge in [-0.25, -0.2) is 9.37 Å². The molecule has 1 N–H and O–H groups in total. The molecule has 1 unspecified atom stereocenters. The number of pyridine rings is 1. The molecule has 1 amide bonds. The summed E-state index contributed by atoms with van der Waals surface area (Å²) in [6.07, 6.45) is 0. The lowest BCUT2D eigenvalue weighted by molar-refractivity contribution is 0.0336. The molecule has 6 nitrogen and oxygen atoms in total. The zero-order valence-electron chi connectivity index (χ0n) is 15.4. The van der Waals surface area contributed by atoms with Gasteiger partial charge in [-0.1, -0.05) is 6.07 Å². The number of rotatable bonds is 2. The highest BCUT2D eigenvalue weighted by Crippen LogP contribution is 2.34. The highest BCUT2D eigenvalue weighted by molar-refractivity contribution is 7.16. The maximum Gasteiger partial charge on any atom is 0.256 e. The van der Waals surface area contributed by atoms with E-state index in [2.05, 4.69) is 9.97 Å². The Hall–Kier alpha value is -3.10. The van der Waals surface area contributed by atoms with Crippen molar-refractivity contribution in [1.82, 2.24) is 14.9 Å². The number of nitrogens with zero attached hydrogens (tertiary/aromatic N) is 2. The monoisotopic (exact) mass is 409 g/mol. The third-order valence-corrected chi connectivity index (χ3v) is 6.12. The first-order chi connectivity index (χ1) is 14.0. The van der Waals surface area contributed by atoms with Crippen LogP contribution in [0, 0.1) is 5.82 Å². The number of H-pyrrole nitrogens is 1. The normalized spacial score (nSPS) is 16.1. The Labute approximate surface area is 168 Å². The fraction of sp³-hybridized carbons (Fsp3) is 0.190. The Morgan fingerprint density at radius 3 is 3.00 bits per heavy atom.